The Kier molecular flexibility index (Phi) is 4.65. The van der Waals surface area contributed by atoms with Crippen molar-refractivity contribution in [3.8, 4) is 6.07 Å². The predicted molar refractivity (Wildman–Crippen MR) is 89.1 cm³/mol. The van der Waals surface area contributed by atoms with E-state index in [1.54, 1.807) is 18.2 Å². The van der Waals surface area contributed by atoms with Gasteiger partial charge in [0.05, 0.1) is 24.0 Å². The third-order valence-electron chi connectivity index (χ3n) is 3.89. The highest BCUT2D eigenvalue weighted by atomic mass is 32.2. The van der Waals surface area contributed by atoms with Crippen molar-refractivity contribution in [2.45, 2.75) is 23.5 Å². The highest BCUT2D eigenvalue weighted by Gasteiger charge is 2.32. The largest absolute Gasteiger partial charge is 0.390 e. The van der Waals surface area contributed by atoms with Crippen LogP contribution in [0.1, 0.15) is 27.5 Å². The number of hydrogen-bond acceptors (Lipinski definition) is 4. The van der Waals surface area contributed by atoms with Crippen molar-refractivity contribution in [3.05, 3.63) is 65.2 Å². The van der Waals surface area contributed by atoms with Gasteiger partial charge in [0.1, 0.15) is 0 Å². The first kappa shape index (κ1) is 15.6. The Hall–Kier alpha value is -2.29. The molecular weight excluding hydrogens is 308 g/mol. The first-order valence-electron chi connectivity index (χ1n) is 7.35. The van der Waals surface area contributed by atoms with Crippen LogP contribution in [0.15, 0.2) is 53.4 Å². The summed E-state index contributed by atoms with van der Waals surface area (Å²) in [6.45, 7) is 0. The van der Waals surface area contributed by atoms with Crippen LogP contribution in [-0.2, 0) is 6.42 Å². The number of hydrogen-bond donors (Lipinski definition) is 2. The van der Waals surface area contributed by atoms with Crippen LogP contribution < -0.4 is 5.32 Å². The van der Waals surface area contributed by atoms with Gasteiger partial charge in [0, 0.05) is 16.9 Å². The summed E-state index contributed by atoms with van der Waals surface area (Å²) in [5.41, 5.74) is 2.58. The second-order valence-electron chi connectivity index (χ2n) is 5.40. The molecule has 1 amide bonds. The summed E-state index contributed by atoms with van der Waals surface area (Å²) in [5.74, 6) is 0.130. The molecule has 0 radical (unpaired) electrons. The third-order valence-corrected chi connectivity index (χ3v) is 4.75. The lowest BCUT2D eigenvalue weighted by atomic mass is 10.1. The fourth-order valence-electron chi connectivity index (χ4n) is 2.82. The summed E-state index contributed by atoms with van der Waals surface area (Å²) < 4.78 is 0. The van der Waals surface area contributed by atoms with Crippen LogP contribution in [-0.4, -0.2) is 22.9 Å². The molecular formula is C18H16N2O2S. The molecule has 5 heteroatoms. The summed E-state index contributed by atoms with van der Waals surface area (Å²) in [7, 11) is 0. The molecule has 2 atom stereocenters. The molecule has 0 aliphatic heterocycles. The maximum absolute atomic E-state index is 12.5. The van der Waals surface area contributed by atoms with Crippen molar-refractivity contribution in [2.75, 3.05) is 5.75 Å². The molecule has 1 aliphatic rings. The number of aliphatic hydroxyl groups is 1. The van der Waals surface area contributed by atoms with Gasteiger partial charge in [0.25, 0.3) is 5.91 Å². The Morgan fingerprint density at radius 1 is 1.30 bits per heavy atom. The fraction of sp³-hybridized carbons (Fsp3) is 0.222. The molecule has 0 bridgehead atoms. The normalized spacial score (nSPS) is 19.0. The van der Waals surface area contributed by atoms with Gasteiger partial charge in [-0.15, -0.1) is 11.8 Å². The molecule has 0 aromatic heterocycles. The van der Waals surface area contributed by atoms with E-state index in [4.69, 9.17) is 5.26 Å². The van der Waals surface area contributed by atoms with Gasteiger partial charge in [-0.05, 0) is 29.3 Å². The van der Waals surface area contributed by atoms with E-state index >= 15 is 0 Å². The molecule has 0 saturated heterocycles. The van der Waals surface area contributed by atoms with E-state index in [0.29, 0.717) is 17.7 Å². The molecule has 0 spiro atoms. The fourth-order valence-corrected chi connectivity index (χ4v) is 3.43. The van der Waals surface area contributed by atoms with E-state index in [2.05, 4.69) is 11.4 Å². The average molecular weight is 324 g/mol. The minimum atomic E-state index is -0.604. The molecule has 2 aromatic carbocycles. The topological polar surface area (TPSA) is 73.1 Å². The first-order chi connectivity index (χ1) is 11.2. The van der Waals surface area contributed by atoms with Crippen LogP contribution >= 0.6 is 11.8 Å². The molecule has 0 fully saturated rings. The zero-order valence-corrected chi connectivity index (χ0v) is 13.2. The highest BCUT2D eigenvalue weighted by Crippen LogP contribution is 2.31. The summed E-state index contributed by atoms with van der Waals surface area (Å²) >= 11 is 1.39. The van der Waals surface area contributed by atoms with Crippen molar-refractivity contribution in [2.24, 2.45) is 0 Å². The smallest absolute Gasteiger partial charge is 0.251 e. The minimum absolute atomic E-state index is 0.217. The zero-order chi connectivity index (χ0) is 16.2. The number of nitriles is 1. The van der Waals surface area contributed by atoms with Crippen LogP contribution in [0.4, 0.5) is 0 Å². The number of nitrogens with zero attached hydrogens (tertiary/aromatic N) is 1. The molecule has 2 unspecified atom stereocenters. The van der Waals surface area contributed by atoms with E-state index < -0.39 is 6.10 Å². The lowest BCUT2D eigenvalue weighted by molar-refractivity contribution is 0.0858. The van der Waals surface area contributed by atoms with Gasteiger partial charge in [-0.1, -0.05) is 30.3 Å². The standard InChI is InChI=1S/C18H16N2O2S/c19-8-9-23-14-6-3-5-13(10-14)18(22)20-17-15-7-2-1-4-12(15)11-16(17)21/h1-7,10,16-17,21H,9,11H2,(H,20,22). The Morgan fingerprint density at radius 2 is 2.13 bits per heavy atom. The Labute approximate surface area is 139 Å². The Morgan fingerprint density at radius 3 is 2.96 bits per heavy atom. The summed E-state index contributed by atoms with van der Waals surface area (Å²) in [6.07, 6.45) is -0.0494. The van der Waals surface area contributed by atoms with E-state index in [-0.39, 0.29) is 11.9 Å². The van der Waals surface area contributed by atoms with E-state index in [9.17, 15) is 9.90 Å². The number of nitrogens with one attached hydrogen (secondary N) is 1. The summed E-state index contributed by atoms with van der Waals surface area (Å²) in [4.78, 5) is 13.4. The molecule has 2 aromatic rings. The number of carbonyl (C=O) groups excluding carboxylic acids is 1. The maximum Gasteiger partial charge on any atom is 0.251 e. The molecule has 3 rings (SSSR count). The molecule has 1 aliphatic carbocycles. The van der Waals surface area contributed by atoms with Gasteiger partial charge in [-0.3, -0.25) is 4.79 Å². The molecule has 116 valence electrons. The van der Waals surface area contributed by atoms with Gasteiger partial charge >= 0.3 is 0 Å². The van der Waals surface area contributed by atoms with Crippen molar-refractivity contribution in [1.29, 1.82) is 5.26 Å². The number of carbonyl (C=O) groups is 1. The van der Waals surface area contributed by atoms with Crippen LogP contribution in [0.2, 0.25) is 0 Å². The molecule has 2 N–H and O–H groups in total. The van der Waals surface area contributed by atoms with Crippen molar-refractivity contribution in [3.63, 3.8) is 0 Å². The zero-order valence-electron chi connectivity index (χ0n) is 12.4. The lowest BCUT2D eigenvalue weighted by Crippen LogP contribution is -2.33. The molecule has 0 saturated carbocycles. The number of fused-ring (bicyclic) bond motifs is 1. The van der Waals surface area contributed by atoms with Gasteiger partial charge in [0.15, 0.2) is 0 Å². The monoisotopic (exact) mass is 324 g/mol. The first-order valence-corrected chi connectivity index (χ1v) is 8.34. The van der Waals surface area contributed by atoms with Crippen molar-refractivity contribution >= 4 is 17.7 Å². The number of amides is 1. The van der Waals surface area contributed by atoms with Crippen LogP contribution in [0, 0.1) is 11.3 Å². The SMILES string of the molecule is N#CCSc1cccc(C(=O)NC2c3ccccc3CC2O)c1. The Bertz CT molecular complexity index is 770. The lowest BCUT2D eigenvalue weighted by Gasteiger charge is -2.18. The number of thioether (sulfide) groups is 1. The van der Waals surface area contributed by atoms with Crippen LogP contribution in [0.3, 0.4) is 0 Å². The van der Waals surface area contributed by atoms with E-state index in [0.717, 1.165) is 16.0 Å². The van der Waals surface area contributed by atoms with Crippen molar-refractivity contribution in [1.82, 2.24) is 5.32 Å². The van der Waals surface area contributed by atoms with Crippen LogP contribution in [0.5, 0.6) is 0 Å². The van der Waals surface area contributed by atoms with Crippen LogP contribution in [0.25, 0.3) is 0 Å². The van der Waals surface area contributed by atoms with E-state index in [1.807, 2.05) is 30.3 Å². The van der Waals surface area contributed by atoms with Gasteiger partial charge in [0.2, 0.25) is 0 Å². The van der Waals surface area contributed by atoms with Gasteiger partial charge in [-0.25, -0.2) is 0 Å². The molecule has 4 nitrogen and oxygen atoms in total. The van der Waals surface area contributed by atoms with Gasteiger partial charge in [-0.2, -0.15) is 5.26 Å². The summed E-state index contributed by atoms with van der Waals surface area (Å²) in [6, 6.07) is 16.6. The number of rotatable bonds is 4. The molecule has 23 heavy (non-hydrogen) atoms. The highest BCUT2D eigenvalue weighted by molar-refractivity contribution is 7.99. The van der Waals surface area contributed by atoms with Gasteiger partial charge < -0.3 is 10.4 Å². The second kappa shape index (κ2) is 6.86. The molecule has 0 heterocycles. The Balaban J connectivity index is 1.76. The van der Waals surface area contributed by atoms with Crippen molar-refractivity contribution < 1.29 is 9.90 Å². The average Bonchev–Trinajstić information content (AvgIpc) is 2.89. The second-order valence-corrected chi connectivity index (χ2v) is 6.44. The quantitative estimate of drug-likeness (QED) is 0.848. The number of aliphatic hydroxyl groups excluding tert-OH is 1. The maximum atomic E-state index is 12.5. The predicted octanol–water partition coefficient (Wildman–Crippen LogP) is 2.69. The third kappa shape index (κ3) is 3.39. The minimum Gasteiger partial charge on any atom is -0.390 e. The van der Waals surface area contributed by atoms with E-state index in [1.165, 1.54) is 11.8 Å². The summed E-state index contributed by atoms with van der Waals surface area (Å²) in [5, 5.41) is 21.8. The number of benzene rings is 2.